The average Bonchev–Trinajstić information content (AvgIpc) is 2.76. The monoisotopic (exact) mass is 283 g/mol. The first-order valence-corrected chi connectivity index (χ1v) is 7.40. The standard InChI is InChI=1S/C14H25N3O3/c1-9-4-7-17(12(9)13(18)19)14(20)15-11-5-6-16(3)10(2)8-11/h9-12H,4-8H2,1-3H3,(H,15,20)(H,18,19). The highest BCUT2D eigenvalue weighted by atomic mass is 16.4. The molecule has 0 saturated carbocycles. The van der Waals surface area contributed by atoms with Crippen molar-refractivity contribution in [2.24, 2.45) is 5.92 Å². The van der Waals surface area contributed by atoms with Crippen molar-refractivity contribution in [1.29, 1.82) is 0 Å². The summed E-state index contributed by atoms with van der Waals surface area (Å²) >= 11 is 0. The van der Waals surface area contributed by atoms with Crippen LogP contribution in [0.3, 0.4) is 0 Å². The number of nitrogens with zero attached hydrogens (tertiary/aromatic N) is 2. The van der Waals surface area contributed by atoms with E-state index in [4.69, 9.17) is 0 Å². The molecule has 2 fully saturated rings. The van der Waals surface area contributed by atoms with Gasteiger partial charge in [-0.1, -0.05) is 6.92 Å². The number of aliphatic carboxylic acids is 1. The number of piperidine rings is 1. The van der Waals surface area contributed by atoms with Crippen molar-refractivity contribution in [3.63, 3.8) is 0 Å². The van der Waals surface area contributed by atoms with Gasteiger partial charge in [0.05, 0.1) is 0 Å². The van der Waals surface area contributed by atoms with Crippen LogP contribution >= 0.6 is 0 Å². The Bertz CT molecular complexity index is 388. The molecule has 20 heavy (non-hydrogen) atoms. The molecule has 2 aliphatic heterocycles. The lowest BCUT2D eigenvalue weighted by Crippen LogP contribution is -2.53. The molecule has 0 radical (unpaired) electrons. The van der Waals surface area contributed by atoms with Gasteiger partial charge >= 0.3 is 12.0 Å². The van der Waals surface area contributed by atoms with E-state index >= 15 is 0 Å². The maximum Gasteiger partial charge on any atom is 0.326 e. The highest BCUT2D eigenvalue weighted by Gasteiger charge is 2.40. The molecule has 2 saturated heterocycles. The van der Waals surface area contributed by atoms with Gasteiger partial charge in [-0.15, -0.1) is 0 Å². The molecule has 0 spiro atoms. The number of carbonyl (C=O) groups excluding carboxylic acids is 1. The van der Waals surface area contributed by atoms with Gasteiger partial charge in [-0.3, -0.25) is 0 Å². The molecule has 2 rings (SSSR count). The van der Waals surface area contributed by atoms with Gasteiger partial charge in [0.15, 0.2) is 0 Å². The van der Waals surface area contributed by atoms with Crippen LogP contribution in [0.1, 0.15) is 33.1 Å². The fourth-order valence-electron chi connectivity index (χ4n) is 3.23. The van der Waals surface area contributed by atoms with Crippen LogP contribution in [0.2, 0.25) is 0 Å². The molecular formula is C14H25N3O3. The Balaban J connectivity index is 1.93. The summed E-state index contributed by atoms with van der Waals surface area (Å²) in [6, 6.07) is -0.303. The molecule has 6 heteroatoms. The van der Waals surface area contributed by atoms with E-state index in [0.717, 1.165) is 25.8 Å². The number of nitrogens with one attached hydrogen (secondary N) is 1. The number of carboxylic acid groups (broad SMARTS) is 1. The Labute approximate surface area is 120 Å². The van der Waals surface area contributed by atoms with Crippen LogP contribution in [-0.4, -0.2) is 65.2 Å². The van der Waals surface area contributed by atoms with E-state index in [0.29, 0.717) is 12.6 Å². The van der Waals surface area contributed by atoms with E-state index < -0.39 is 12.0 Å². The quantitative estimate of drug-likeness (QED) is 0.792. The average molecular weight is 283 g/mol. The second-order valence-corrected chi connectivity index (χ2v) is 6.24. The van der Waals surface area contributed by atoms with E-state index in [-0.39, 0.29) is 18.0 Å². The summed E-state index contributed by atoms with van der Waals surface area (Å²) in [5.74, 6) is -0.878. The molecule has 0 aromatic carbocycles. The Morgan fingerprint density at radius 3 is 2.50 bits per heavy atom. The Kier molecular flexibility index (Phi) is 4.52. The smallest absolute Gasteiger partial charge is 0.326 e. The highest BCUT2D eigenvalue weighted by Crippen LogP contribution is 2.24. The maximum absolute atomic E-state index is 12.3. The lowest BCUT2D eigenvalue weighted by Gasteiger charge is -2.36. The molecule has 114 valence electrons. The first kappa shape index (κ1) is 15.1. The van der Waals surface area contributed by atoms with E-state index in [2.05, 4.69) is 24.2 Å². The van der Waals surface area contributed by atoms with Gasteiger partial charge in [-0.2, -0.15) is 0 Å². The molecule has 4 atom stereocenters. The third-order valence-electron chi connectivity index (χ3n) is 4.75. The molecule has 2 amide bonds. The van der Waals surface area contributed by atoms with Crippen LogP contribution in [0.4, 0.5) is 4.79 Å². The number of hydrogen-bond acceptors (Lipinski definition) is 3. The van der Waals surface area contributed by atoms with Gasteiger partial charge < -0.3 is 20.2 Å². The summed E-state index contributed by atoms with van der Waals surface area (Å²) in [6.45, 7) is 5.54. The molecule has 0 aromatic rings. The second kappa shape index (κ2) is 5.99. The summed E-state index contributed by atoms with van der Waals surface area (Å²) in [5.41, 5.74) is 0. The molecule has 0 aromatic heterocycles. The lowest BCUT2D eigenvalue weighted by molar-refractivity contribution is -0.142. The largest absolute Gasteiger partial charge is 0.480 e. The topological polar surface area (TPSA) is 72.9 Å². The van der Waals surface area contributed by atoms with Crippen molar-refractivity contribution in [3.8, 4) is 0 Å². The Hall–Kier alpha value is -1.30. The minimum absolute atomic E-state index is 0.0228. The van der Waals surface area contributed by atoms with Crippen LogP contribution < -0.4 is 5.32 Å². The number of rotatable bonds is 2. The molecular weight excluding hydrogens is 258 g/mol. The minimum Gasteiger partial charge on any atom is -0.480 e. The summed E-state index contributed by atoms with van der Waals surface area (Å²) in [7, 11) is 2.09. The number of urea groups is 1. The van der Waals surface area contributed by atoms with Gasteiger partial charge in [0.25, 0.3) is 0 Å². The van der Waals surface area contributed by atoms with E-state index in [9.17, 15) is 14.7 Å². The van der Waals surface area contributed by atoms with Crippen LogP contribution in [0.15, 0.2) is 0 Å². The second-order valence-electron chi connectivity index (χ2n) is 6.24. The fraction of sp³-hybridized carbons (Fsp3) is 0.857. The van der Waals surface area contributed by atoms with Crippen molar-refractivity contribution < 1.29 is 14.7 Å². The van der Waals surface area contributed by atoms with Crippen LogP contribution in [0, 0.1) is 5.92 Å². The van der Waals surface area contributed by atoms with Gasteiger partial charge in [0, 0.05) is 25.2 Å². The lowest BCUT2D eigenvalue weighted by atomic mass is 9.99. The summed E-state index contributed by atoms with van der Waals surface area (Å²) in [4.78, 5) is 27.3. The SMILES string of the molecule is CC1CCN(C(=O)NC2CCN(C)C(C)C2)C1C(=O)O. The third kappa shape index (κ3) is 3.06. The summed E-state index contributed by atoms with van der Waals surface area (Å²) < 4.78 is 0. The van der Waals surface area contributed by atoms with E-state index in [1.807, 2.05) is 6.92 Å². The first-order chi connectivity index (χ1) is 9.40. The van der Waals surface area contributed by atoms with Gasteiger partial charge in [0.2, 0.25) is 0 Å². The summed E-state index contributed by atoms with van der Waals surface area (Å²) in [5, 5.41) is 12.3. The predicted molar refractivity (Wildman–Crippen MR) is 75.6 cm³/mol. The number of likely N-dealkylation sites (tertiary alicyclic amines) is 2. The Morgan fingerprint density at radius 2 is 1.90 bits per heavy atom. The van der Waals surface area contributed by atoms with Crippen molar-refractivity contribution in [2.45, 2.75) is 51.2 Å². The molecule has 0 aliphatic carbocycles. The fourth-order valence-corrected chi connectivity index (χ4v) is 3.23. The van der Waals surface area contributed by atoms with Gasteiger partial charge in [-0.05, 0) is 39.2 Å². The van der Waals surface area contributed by atoms with Gasteiger partial charge in [0.1, 0.15) is 6.04 Å². The number of carboxylic acids is 1. The van der Waals surface area contributed by atoms with Crippen molar-refractivity contribution >= 4 is 12.0 Å². The maximum atomic E-state index is 12.3. The van der Waals surface area contributed by atoms with E-state index in [1.165, 1.54) is 4.90 Å². The number of amides is 2. The van der Waals surface area contributed by atoms with Crippen LogP contribution in [0.5, 0.6) is 0 Å². The van der Waals surface area contributed by atoms with Crippen molar-refractivity contribution in [1.82, 2.24) is 15.1 Å². The molecule has 0 bridgehead atoms. The predicted octanol–water partition coefficient (Wildman–Crippen LogP) is 0.974. The first-order valence-electron chi connectivity index (χ1n) is 7.40. The normalized spacial score (nSPS) is 35.0. The van der Waals surface area contributed by atoms with Crippen molar-refractivity contribution in [2.75, 3.05) is 20.1 Å². The van der Waals surface area contributed by atoms with E-state index in [1.54, 1.807) is 0 Å². The van der Waals surface area contributed by atoms with Crippen LogP contribution in [0.25, 0.3) is 0 Å². The molecule has 2 heterocycles. The highest BCUT2D eigenvalue weighted by molar-refractivity contribution is 5.83. The van der Waals surface area contributed by atoms with Gasteiger partial charge in [-0.25, -0.2) is 9.59 Å². The third-order valence-corrected chi connectivity index (χ3v) is 4.75. The molecule has 6 nitrogen and oxygen atoms in total. The molecule has 4 unspecified atom stereocenters. The molecule has 2 aliphatic rings. The zero-order valence-corrected chi connectivity index (χ0v) is 12.5. The van der Waals surface area contributed by atoms with Crippen molar-refractivity contribution in [3.05, 3.63) is 0 Å². The zero-order valence-electron chi connectivity index (χ0n) is 12.5. The van der Waals surface area contributed by atoms with Crippen LogP contribution in [-0.2, 0) is 4.79 Å². The Morgan fingerprint density at radius 1 is 1.20 bits per heavy atom. The number of hydrogen-bond donors (Lipinski definition) is 2. The molecule has 2 N–H and O–H groups in total. The summed E-state index contributed by atoms with van der Waals surface area (Å²) in [6.07, 6.45) is 2.60. The zero-order chi connectivity index (χ0) is 14.9. The number of carbonyl (C=O) groups is 2. The minimum atomic E-state index is -0.901.